The molecule has 0 unspecified atom stereocenters. The average molecular weight is 291 g/mol. The van der Waals surface area contributed by atoms with Crippen molar-refractivity contribution in [3.05, 3.63) is 35.9 Å². The maximum absolute atomic E-state index is 12.3. The number of nitrogens with zero attached hydrogens (tertiary/aromatic N) is 2. The minimum absolute atomic E-state index is 0.0380. The van der Waals surface area contributed by atoms with Crippen molar-refractivity contribution in [2.45, 2.75) is 31.5 Å². The van der Waals surface area contributed by atoms with E-state index in [4.69, 9.17) is 10.0 Å². The second-order valence-electron chi connectivity index (χ2n) is 5.24. The molecule has 2 bridgehead atoms. The summed E-state index contributed by atoms with van der Waals surface area (Å²) < 4.78 is 0. The zero-order chi connectivity index (χ0) is 14.8. The van der Waals surface area contributed by atoms with Crippen molar-refractivity contribution in [2.75, 3.05) is 6.54 Å². The lowest BCUT2D eigenvalue weighted by molar-refractivity contribution is -0.140. The fraction of sp³-hybridized carbons (Fsp3) is 0.429. The van der Waals surface area contributed by atoms with Crippen LogP contribution in [0.2, 0.25) is 0 Å². The van der Waals surface area contributed by atoms with Crippen LogP contribution < -0.4 is 5.48 Å². The van der Waals surface area contributed by atoms with Crippen molar-refractivity contribution >= 4 is 11.9 Å². The van der Waals surface area contributed by atoms with Gasteiger partial charge in [-0.25, -0.2) is 10.3 Å². The minimum Gasteiger partial charge on any atom is -0.309 e. The predicted octanol–water partition coefficient (Wildman–Crippen LogP) is 0.892. The molecule has 2 aliphatic heterocycles. The Hall–Kier alpha value is -2.12. The molecule has 0 spiro atoms. The molecule has 0 aromatic heterocycles. The summed E-state index contributed by atoms with van der Waals surface area (Å²) >= 11 is 0. The van der Waals surface area contributed by atoms with Gasteiger partial charge in [0, 0.05) is 6.54 Å². The van der Waals surface area contributed by atoms with Gasteiger partial charge in [0.1, 0.15) is 12.6 Å². The van der Waals surface area contributed by atoms with Gasteiger partial charge in [-0.15, -0.1) is 0 Å². The molecule has 2 atom stereocenters. The Morgan fingerprint density at radius 3 is 2.81 bits per heavy atom. The Labute approximate surface area is 122 Å². The molecule has 3 rings (SSSR count). The topological polar surface area (TPSA) is 82.1 Å². The van der Waals surface area contributed by atoms with Crippen LogP contribution in [0.15, 0.2) is 30.3 Å². The monoisotopic (exact) mass is 291 g/mol. The summed E-state index contributed by atoms with van der Waals surface area (Å²) in [7, 11) is 0. The van der Waals surface area contributed by atoms with Gasteiger partial charge < -0.3 is 4.90 Å². The summed E-state index contributed by atoms with van der Waals surface area (Å²) in [6, 6.07) is 8.61. The molecule has 112 valence electrons. The second kappa shape index (κ2) is 5.71. The van der Waals surface area contributed by atoms with Gasteiger partial charge in [0.2, 0.25) is 0 Å². The fourth-order valence-corrected chi connectivity index (χ4v) is 2.86. The average Bonchev–Trinajstić information content (AvgIpc) is 2.77. The van der Waals surface area contributed by atoms with Crippen LogP contribution >= 0.6 is 0 Å². The number of fused-ring (bicyclic) bond motifs is 2. The van der Waals surface area contributed by atoms with E-state index in [0.29, 0.717) is 26.0 Å². The summed E-state index contributed by atoms with van der Waals surface area (Å²) in [6.45, 7) is 0.763. The Morgan fingerprint density at radius 2 is 2.10 bits per heavy atom. The maximum Gasteiger partial charge on any atom is 0.345 e. The van der Waals surface area contributed by atoms with Crippen molar-refractivity contribution in [1.82, 2.24) is 15.4 Å². The lowest BCUT2D eigenvalue weighted by atomic mass is 10.0. The van der Waals surface area contributed by atoms with E-state index in [1.54, 1.807) is 5.48 Å². The molecular weight excluding hydrogens is 274 g/mol. The Kier molecular flexibility index (Phi) is 3.76. The summed E-state index contributed by atoms with van der Waals surface area (Å²) in [6.07, 6.45) is 1.20. The minimum atomic E-state index is -0.621. The molecular formula is C14H17N3O4. The van der Waals surface area contributed by atoms with Crippen LogP contribution in [0.1, 0.15) is 18.4 Å². The molecule has 0 radical (unpaired) electrons. The summed E-state index contributed by atoms with van der Waals surface area (Å²) in [4.78, 5) is 31.0. The normalized spacial score (nSPS) is 24.3. The number of hydroxylamine groups is 3. The number of hydrogen-bond acceptors (Lipinski definition) is 4. The van der Waals surface area contributed by atoms with Crippen LogP contribution in [0, 0.1) is 0 Å². The van der Waals surface area contributed by atoms with Gasteiger partial charge in [0.15, 0.2) is 0 Å². The van der Waals surface area contributed by atoms with Crippen LogP contribution in [0.5, 0.6) is 0 Å². The van der Waals surface area contributed by atoms with Gasteiger partial charge >= 0.3 is 6.03 Å². The first-order valence-electron chi connectivity index (χ1n) is 6.91. The number of carbonyl (C=O) groups is 2. The van der Waals surface area contributed by atoms with Crippen molar-refractivity contribution in [2.24, 2.45) is 0 Å². The molecule has 2 N–H and O–H groups in total. The second-order valence-corrected chi connectivity index (χ2v) is 5.24. The third-order valence-corrected chi connectivity index (χ3v) is 3.95. The number of nitrogens with one attached hydrogen (secondary N) is 1. The SMILES string of the molecule is O=C(NO)[C@@H]1CC[C@H]2CN1C(=O)N2OCc1ccccc1. The third kappa shape index (κ3) is 2.57. The molecule has 3 amide bonds. The highest BCUT2D eigenvalue weighted by molar-refractivity contribution is 5.87. The molecule has 2 aliphatic rings. The van der Waals surface area contributed by atoms with Gasteiger partial charge in [-0.05, 0) is 18.4 Å². The quantitative estimate of drug-likeness (QED) is 0.637. The van der Waals surface area contributed by atoms with Gasteiger partial charge in [0.25, 0.3) is 5.91 Å². The van der Waals surface area contributed by atoms with Gasteiger partial charge in [-0.3, -0.25) is 14.8 Å². The van der Waals surface area contributed by atoms with Crippen molar-refractivity contribution in [3.63, 3.8) is 0 Å². The predicted molar refractivity (Wildman–Crippen MR) is 71.9 cm³/mol. The molecule has 7 heteroatoms. The van der Waals surface area contributed by atoms with E-state index >= 15 is 0 Å². The van der Waals surface area contributed by atoms with Crippen LogP contribution in [0.3, 0.4) is 0 Å². The van der Waals surface area contributed by atoms with E-state index in [1.807, 2.05) is 30.3 Å². The molecule has 2 heterocycles. The number of urea groups is 1. The number of rotatable bonds is 4. The van der Waals surface area contributed by atoms with E-state index in [1.165, 1.54) is 9.96 Å². The number of piperidine rings is 1. The molecule has 2 fully saturated rings. The summed E-state index contributed by atoms with van der Waals surface area (Å²) in [5.41, 5.74) is 2.60. The Morgan fingerprint density at radius 1 is 1.33 bits per heavy atom. The number of carbonyl (C=O) groups excluding carboxylic acids is 2. The van der Waals surface area contributed by atoms with Crippen molar-refractivity contribution in [3.8, 4) is 0 Å². The van der Waals surface area contributed by atoms with Crippen LogP contribution in [-0.4, -0.2) is 45.7 Å². The third-order valence-electron chi connectivity index (χ3n) is 3.95. The van der Waals surface area contributed by atoms with E-state index < -0.39 is 11.9 Å². The smallest absolute Gasteiger partial charge is 0.309 e. The van der Waals surface area contributed by atoms with E-state index in [9.17, 15) is 9.59 Å². The van der Waals surface area contributed by atoms with Crippen molar-refractivity contribution in [1.29, 1.82) is 0 Å². The van der Waals surface area contributed by atoms with Crippen LogP contribution in [-0.2, 0) is 16.2 Å². The number of amides is 3. The molecule has 0 aliphatic carbocycles. The number of benzene rings is 1. The summed E-state index contributed by atoms with van der Waals surface area (Å²) in [5, 5.41) is 10.1. The maximum atomic E-state index is 12.3. The van der Waals surface area contributed by atoms with Crippen LogP contribution in [0.25, 0.3) is 0 Å². The summed E-state index contributed by atoms with van der Waals surface area (Å²) in [5.74, 6) is -0.549. The largest absolute Gasteiger partial charge is 0.345 e. The van der Waals surface area contributed by atoms with Gasteiger partial charge in [0.05, 0.1) is 6.04 Å². The Bertz CT molecular complexity index is 536. The number of hydrogen-bond donors (Lipinski definition) is 2. The first-order valence-corrected chi connectivity index (χ1v) is 6.91. The van der Waals surface area contributed by atoms with Gasteiger partial charge in [-0.1, -0.05) is 30.3 Å². The fourth-order valence-electron chi connectivity index (χ4n) is 2.86. The molecule has 2 saturated heterocycles. The molecule has 7 nitrogen and oxygen atoms in total. The zero-order valence-electron chi connectivity index (χ0n) is 11.4. The highest BCUT2D eigenvalue weighted by Gasteiger charge is 2.47. The molecule has 1 aromatic carbocycles. The van der Waals surface area contributed by atoms with E-state index in [2.05, 4.69) is 0 Å². The Balaban J connectivity index is 1.66. The van der Waals surface area contributed by atoms with E-state index in [0.717, 1.165) is 5.56 Å². The molecule has 0 saturated carbocycles. The zero-order valence-corrected chi connectivity index (χ0v) is 11.4. The van der Waals surface area contributed by atoms with Crippen molar-refractivity contribution < 1.29 is 19.6 Å². The standard InChI is InChI=1S/C14H17N3O4/c18-13(15-20)12-7-6-11-8-16(12)14(19)17(11)21-9-10-4-2-1-3-5-10/h1-5,11-12,20H,6-9H2,(H,15,18)/t11-,12-/m0/s1. The van der Waals surface area contributed by atoms with Crippen LogP contribution in [0.4, 0.5) is 4.79 Å². The highest BCUT2D eigenvalue weighted by Crippen LogP contribution is 2.30. The van der Waals surface area contributed by atoms with E-state index in [-0.39, 0.29) is 12.1 Å². The molecule has 1 aromatic rings. The lowest BCUT2D eigenvalue weighted by Gasteiger charge is -2.28. The van der Waals surface area contributed by atoms with Gasteiger partial charge in [-0.2, -0.15) is 5.06 Å². The highest BCUT2D eigenvalue weighted by atomic mass is 16.7. The lowest BCUT2D eigenvalue weighted by Crippen LogP contribution is -2.49. The first kappa shape index (κ1) is 13.8. The molecule has 21 heavy (non-hydrogen) atoms. The first-order chi connectivity index (χ1) is 10.2.